The van der Waals surface area contributed by atoms with Gasteiger partial charge in [0.15, 0.2) is 0 Å². The van der Waals surface area contributed by atoms with Crippen LogP contribution in [-0.2, 0) is 17.9 Å². The van der Waals surface area contributed by atoms with Gasteiger partial charge in [-0.2, -0.15) is 0 Å². The van der Waals surface area contributed by atoms with Crippen molar-refractivity contribution >= 4 is 22.9 Å². The van der Waals surface area contributed by atoms with Gasteiger partial charge < -0.3 is 18.9 Å². The van der Waals surface area contributed by atoms with Gasteiger partial charge in [-0.1, -0.05) is 42.5 Å². The number of carbonyl (C=O) groups is 2. The molecule has 2 heterocycles. The van der Waals surface area contributed by atoms with Crippen LogP contribution in [0, 0.1) is 5.92 Å². The first kappa shape index (κ1) is 23.6. The first-order valence-corrected chi connectivity index (χ1v) is 12.2. The molecule has 0 atom stereocenters. The molecule has 1 saturated heterocycles. The number of ether oxygens (including phenoxy) is 2. The Kier molecular flexibility index (Phi) is 6.98. The number of fused-ring (bicyclic) bond motifs is 1. The number of nitrogens with zero attached hydrogens (tertiary/aromatic N) is 3. The number of hydrogen-bond donors (Lipinski definition) is 0. The Labute approximate surface area is 210 Å². The summed E-state index contributed by atoms with van der Waals surface area (Å²) in [5.74, 6) is 1.49. The molecule has 0 N–H and O–H groups in total. The summed E-state index contributed by atoms with van der Waals surface area (Å²) in [6, 6.07) is 24.7. The highest BCUT2D eigenvalue weighted by atomic mass is 16.5. The van der Waals surface area contributed by atoms with Gasteiger partial charge in [-0.25, -0.2) is 9.78 Å². The smallest absolute Gasteiger partial charge is 0.338 e. The van der Waals surface area contributed by atoms with Crippen molar-refractivity contribution < 1.29 is 19.1 Å². The lowest BCUT2D eigenvalue weighted by atomic mass is 9.95. The lowest BCUT2D eigenvalue weighted by molar-refractivity contribution is 0.0582. The van der Waals surface area contributed by atoms with Crippen molar-refractivity contribution in [1.82, 2.24) is 14.5 Å². The van der Waals surface area contributed by atoms with Crippen LogP contribution in [0.3, 0.4) is 0 Å². The van der Waals surface area contributed by atoms with Gasteiger partial charge in [0.25, 0.3) is 5.91 Å². The number of aromatic nitrogens is 2. The number of piperidine rings is 1. The molecule has 0 spiro atoms. The zero-order chi connectivity index (χ0) is 24.9. The largest absolute Gasteiger partial charge is 0.486 e. The molecule has 0 radical (unpaired) electrons. The van der Waals surface area contributed by atoms with Crippen molar-refractivity contribution in [3.05, 3.63) is 95.8 Å². The van der Waals surface area contributed by atoms with E-state index in [1.165, 1.54) is 7.11 Å². The van der Waals surface area contributed by atoms with E-state index >= 15 is 0 Å². The Balaban J connectivity index is 1.28. The molecule has 1 fully saturated rings. The van der Waals surface area contributed by atoms with E-state index in [-0.39, 0.29) is 5.91 Å². The maximum absolute atomic E-state index is 13.2. The summed E-state index contributed by atoms with van der Waals surface area (Å²) in [6.45, 7) is 2.48. The van der Waals surface area contributed by atoms with Gasteiger partial charge in [0, 0.05) is 19.6 Å². The molecule has 1 aromatic heterocycles. The molecule has 0 unspecified atom stereocenters. The molecule has 1 aliphatic heterocycles. The number of imidazole rings is 1. The van der Waals surface area contributed by atoms with Crippen molar-refractivity contribution in [2.24, 2.45) is 5.92 Å². The monoisotopic (exact) mass is 483 g/mol. The van der Waals surface area contributed by atoms with Crippen LogP contribution >= 0.6 is 0 Å². The first-order chi connectivity index (χ1) is 17.6. The quantitative estimate of drug-likeness (QED) is 0.348. The van der Waals surface area contributed by atoms with E-state index in [2.05, 4.69) is 10.6 Å². The van der Waals surface area contributed by atoms with Gasteiger partial charge in [0.05, 0.1) is 29.3 Å². The topological polar surface area (TPSA) is 73.7 Å². The zero-order valence-corrected chi connectivity index (χ0v) is 20.3. The van der Waals surface area contributed by atoms with Gasteiger partial charge in [-0.3, -0.25) is 4.79 Å². The standard InChI is InChI=1S/C29H29N3O4/c1-35-29(34)24-12-6-5-11-23(24)28(33)31-17-15-21(16-18-31)19-32-26-14-8-7-13-25(26)30-27(32)20-36-22-9-3-2-4-10-22/h2-14,21H,15-20H2,1H3. The average Bonchev–Trinajstić information content (AvgIpc) is 3.29. The molecule has 3 aromatic carbocycles. The maximum Gasteiger partial charge on any atom is 0.338 e. The second-order valence-electron chi connectivity index (χ2n) is 9.00. The molecule has 4 aromatic rings. The van der Waals surface area contributed by atoms with Gasteiger partial charge in [0.1, 0.15) is 18.2 Å². The summed E-state index contributed by atoms with van der Waals surface area (Å²) in [7, 11) is 1.33. The third-order valence-corrected chi connectivity index (χ3v) is 6.75. The third kappa shape index (κ3) is 4.96. The Hall–Kier alpha value is -4.13. The fraction of sp³-hybridized carbons (Fsp3) is 0.276. The van der Waals surface area contributed by atoms with Crippen molar-refractivity contribution in [3.63, 3.8) is 0 Å². The lowest BCUT2D eigenvalue weighted by Gasteiger charge is -2.33. The fourth-order valence-corrected chi connectivity index (χ4v) is 4.81. The van der Waals surface area contributed by atoms with E-state index in [4.69, 9.17) is 14.5 Å². The lowest BCUT2D eigenvalue weighted by Crippen LogP contribution is -2.40. The van der Waals surface area contributed by atoms with Gasteiger partial charge >= 0.3 is 5.97 Å². The van der Waals surface area contributed by atoms with Crippen LogP contribution in [-0.4, -0.2) is 46.5 Å². The van der Waals surface area contributed by atoms with E-state index < -0.39 is 5.97 Å². The maximum atomic E-state index is 13.2. The van der Waals surface area contributed by atoms with Gasteiger partial charge in [-0.05, 0) is 55.2 Å². The summed E-state index contributed by atoms with van der Waals surface area (Å²) in [4.78, 5) is 32.0. The minimum Gasteiger partial charge on any atom is -0.486 e. The van der Waals surface area contributed by atoms with E-state index in [9.17, 15) is 9.59 Å². The highest BCUT2D eigenvalue weighted by Gasteiger charge is 2.27. The van der Waals surface area contributed by atoms with Crippen LogP contribution in [0.4, 0.5) is 0 Å². The van der Waals surface area contributed by atoms with Crippen LogP contribution < -0.4 is 4.74 Å². The summed E-state index contributed by atoms with van der Waals surface area (Å²) >= 11 is 0. The van der Waals surface area contributed by atoms with Crippen molar-refractivity contribution in [2.75, 3.05) is 20.2 Å². The Morgan fingerprint density at radius 2 is 1.56 bits per heavy atom. The molecule has 7 nitrogen and oxygen atoms in total. The third-order valence-electron chi connectivity index (χ3n) is 6.75. The second-order valence-corrected chi connectivity index (χ2v) is 9.00. The normalized spacial score (nSPS) is 14.1. The van der Waals surface area contributed by atoms with Crippen LogP contribution in [0.25, 0.3) is 11.0 Å². The molecule has 7 heteroatoms. The van der Waals surface area contributed by atoms with Crippen LogP contribution in [0.2, 0.25) is 0 Å². The number of carbonyl (C=O) groups excluding carboxylic acids is 2. The number of likely N-dealkylation sites (tertiary alicyclic amines) is 1. The predicted molar refractivity (Wildman–Crippen MR) is 137 cm³/mol. The Morgan fingerprint density at radius 3 is 2.31 bits per heavy atom. The summed E-state index contributed by atoms with van der Waals surface area (Å²) < 4.78 is 13.1. The van der Waals surface area contributed by atoms with Gasteiger partial charge in [0.2, 0.25) is 0 Å². The van der Waals surface area contributed by atoms with E-state index in [0.29, 0.717) is 36.7 Å². The number of esters is 1. The SMILES string of the molecule is COC(=O)c1ccccc1C(=O)N1CCC(Cn2c(COc3ccccc3)nc3ccccc32)CC1. The molecule has 0 bridgehead atoms. The van der Waals surface area contributed by atoms with Crippen molar-refractivity contribution in [2.45, 2.75) is 26.0 Å². The number of amides is 1. The number of benzene rings is 3. The summed E-state index contributed by atoms with van der Waals surface area (Å²) in [5, 5.41) is 0. The van der Waals surface area contributed by atoms with E-state index in [1.807, 2.05) is 53.4 Å². The molecular weight excluding hydrogens is 454 g/mol. The van der Waals surface area contributed by atoms with Crippen molar-refractivity contribution in [1.29, 1.82) is 0 Å². The zero-order valence-electron chi connectivity index (χ0n) is 20.3. The molecular formula is C29H29N3O4. The molecule has 36 heavy (non-hydrogen) atoms. The minimum atomic E-state index is -0.494. The number of para-hydroxylation sites is 3. The molecule has 0 aliphatic carbocycles. The Morgan fingerprint density at radius 1 is 0.889 bits per heavy atom. The number of rotatable bonds is 7. The highest BCUT2D eigenvalue weighted by Crippen LogP contribution is 2.26. The number of hydrogen-bond acceptors (Lipinski definition) is 5. The minimum absolute atomic E-state index is 0.125. The molecule has 5 rings (SSSR count). The molecule has 0 saturated carbocycles. The summed E-state index contributed by atoms with van der Waals surface area (Å²) in [5.41, 5.74) is 2.75. The van der Waals surface area contributed by atoms with Crippen LogP contribution in [0.1, 0.15) is 39.4 Å². The highest BCUT2D eigenvalue weighted by molar-refractivity contribution is 6.05. The summed E-state index contributed by atoms with van der Waals surface area (Å²) in [6.07, 6.45) is 1.75. The fourth-order valence-electron chi connectivity index (χ4n) is 4.81. The molecule has 184 valence electrons. The first-order valence-electron chi connectivity index (χ1n) is 12.2. The predicted octanol–water partition coefficient (Wildman–Crippen LogP) is 4.95. The second kappa shape index (κ2) is 10.6. The van der Waals surface area contributed by atoms with Crippen LogP contribution in [0.15, 0.2) is 78.9 Å². The van der Waals surface area contributed by atoms with Crippen LogP contribution in [0.5, 0.6) is 5.75 Å². The average molecular weight is 484 g/mol. The van der Waals surface area contributed by atoms with E-state index in [1.54, 1.807) is 24.3 Å². The molecule has 1 aliphatic rings. The van der Waals surface area contributed by atoms with E-state index in [0.717, 1.165) is 42.0 Å². The Bertz CT molecular complexity index is 1360. The number of methoxy groups -OCH3 is 1. The van der Waals surface area contributed by atoms with Crippen molar-refractivity contribution in [3.8, 4) is 5.75 Å². The molecule has 1 amide bonds. The van der Waals surface area contributed by atoms with Gasteiger partial charge in [-0.15, -0.1) is 0 Å².